The van der Waals surface area contributed by atoms with Crippen molar-refractivity contribution in [3.8, 4) is 22.6 Å². The monoisotopic (exact) mass is 801 g/mol. The van der Waals surface area contributed by atoms with E-state index in [2.05, 4.69) is 98.4 Å². The minimum Gasteiger partial charge on any atom is -0.499 e. The maximum absolute atomic E-state index is 6.12. The minimum absolute atomic E-state index is 0. The summed E-state index contributed by atoms with van der Waals surface area (Å²) in [6.07, 6.45) is 6.78. The Morgan fingerprint density at radius 3 is 2.37 bits per heavy atom. The number of aromatic nitrogens is 4. The molecule has 0 aliphatic heterocycles. The number of rotatable bonds is 6. The van der Waals surface area contributed by atoms with E-state index in [4.69, 9.17) is 9.40 Å². The number of fused-ring (bicyclic) bond motifs is 4. The van der Waals surface area contributed by atoms with Crippen LogP contribution in [0.5, 0.6) is 0 Å². The van der Waals surface area contributed by atoms with Crippen LogP contribution in [0.25, 0.3) is 55.6 Å². The van der Waals surface area contributed by atoms with Crippen molar-refractivity contribution in [2.75, 3.05) is 0 Å². The van der Waals surface area contributed by atoms with Gasteiger partial charge in [-0.3, -0.25) is 9.97 Å². The van der Waals surface area contributed by atoms with Gasteiger partial charge in [-0.05, 0) is 55.3 Å². The molecule has 4 aromatic heterocycles. The number of hydrogen-bond donors (Lipinski definition) is 0. The number of benzene rings is 3. The zero-order valence-corrected chi connectivity index (χ0v) is 30.9. The summed E-state index contributed by atoms with van der Waals surface area (Å²) in [5.41, 5.74) is 8.18. The Kier molecular flexibility index (Phi) is 10.1. The van der Waals surface area contributed by atoms with Gasteiger partial charge in [-0.1, -0.05) is 68.2 Å². The Balaban J connectivity index is 0.000000182. The molecule has 0 aliphatic carbocycles. The first-order chi connectivity index (χ1) is 21.6. The SMILES string of the molecule is CC(C)Cc1cc(-c2[c-]cccc2)ncc1[Si](C)(C)C.CC(C)n1c(-c2[c-]ccc3c2oc2cnccc23)nc2ccccc21.[Ir]. The Labute approximate surface area is 286 Å². The average molecular weight is 801 g/mol. The van der Waals surface area contributed by atoms with Gasteiger partial charge in [-0.2, -0.15) is 0 Å². The van der Waals surface area contributed by atoms with E-state index >= 15 is 0 Å². The fraction of sp³-hybridized carbons (Fsp3) is 0.256. The van der Waals surface area contributed by atoms with E-state index in [0.29, 0.717) is 5.92 Å². The Morgan fingerprint density at radius 2 is 1.65 bits per heavy atom. The summed E-state index contributed by atoms with van der Waals surface area (Å²) >= 11 is 0. The van der Waals surface area contributed by atoms with Crippen molar-refractivity contribution in [3.63, 3.8) is 0 Å². The standard InChI is InChI=1S/C21H16N3O.C18H24NSi.Ir/c1-13(2)24-18-9-4-3-8-17(18)23-21(24)16-7-5-6-15-14-10-11-22-12-19(14)25-20(15)16;1-14(2)11-16-12-17(15-9-7-6-8-10-15)19-13-18(16)20(3,4)5;/h3-6,8-13H,1-2H3;6-9,12-14H,11H2,1-5H3;/q2*-1;. The Morgan fingerprint density at radius 1 is 0.870 bits per heavy atom. The van der Waals surface area contributed by atoms with Crippen LogP contribution in [0.1, 0.15) is 39.3 Å². The average Bonchev–Trinajstić information content (AvgIpc) is 3.60. The molecule has 0 N–H and O–H groups in total. The van der Waals surface area contributed by atoms with Crippen molar-refractivity contribution in [1.82, 2.24) is 19.5 Å². The Hall–Kier alpha value is -3.90. The summed E-state index contributed by atoms with van der Waals surface area (Å²) in [5.74, 6) is 1.55. The molecule has 0 bridgehead atoms. The van der Waals surface area contributed by atoms with Gasteiger partial charge in [0.15, 0.2) is 0 Å². The smallest absolute Gasteiger partial charge is 0.139 e. The van der Waals surface area contributed by atoms with Crippen LogP contribution in [0.2, 0.25) is 19.6 Å². The van der Waals surface area contributed by atoms with Crippen molar-refractivity contribution >= 4 is 46.2 Å². The zero-order chi connectivity index (χ0) is 31.7. The molecule has 0 unspecified atom stereocenters. The third kappa shape index (κ3) is 6.78. The summed E-state index contributed by atoms with van der Waals surface area (Å²) in [6.45, 7) is 16.1. The molecular weight excluding hydrogens is 761 g/mol. The number of imidazole rings is 1. The molecule has 0 spiro atoms. The fourth-order valence-corrected chi connectivity index (χ4v) is 7.58. The molecule has 46 heavy (non-hydrogen) atoms. The number of furan rings is 1. The second kappa shape index (κ2) is 13.8. The van der Waals surface area contributed by atoms with E-state index in [0.717, 1.165) is 62.0 Å². The quantitative estimate of drug-likeness (QED) is 0.124. The van der Waals surface area contributed by atoms with Gasteiger partial charge in [-0.15, -0.1) is 54.1 Å². The van der Waals surface area contributed by atoms with E-state index in [1.165, 1.54) is 10.8 Å². The van der Waals surface area contributed by atoms with Gasteiger partial charge in [-0.25, -0.2) is 0 Å². The molecule has 4 heterocycles. The fourth-order valence-electron chi connectivity index (χ4n) is 5.99. The summed E-state index contributed by atoms with van der Waals surface area (Å²) in [5, 5.41) is 3.62. The molecule has 0 aliphatic rings. The van der Waals surface area contributed by atoms with Crippen LogP contribution in [0.4, 0.5) is 0 Å². The van der Waals surface area contributed by atoms with Gasteiger partial charge in [0.05, 0.1) is 36.7 Å². The number of pyridine rings is 2. The molecule has 0 saturated carbocycles. The van der Waals surface area contributed by atoms with Gasteiger partial charge in [0.1, 0.15) is 5.58 Å². The van der Waals surface area contributed by atoms with E-state index in [-0.39, 0.29) is 26.1 Å². The van der Waals surface area contributed by atoms with Gasteiger partial charge in [0, 0.05) is 43.9 Å². The van der Waals surface area contributed by atoms with Crippen LogP contribution in [0, 0.1) is 18.1 Å². The van der Waals surface area contributed by atoms with Crippen molar-refractivity contribution in [2.24, 2.45) is 5.92 Å². The number of para-hydroxylation sites is 2. The van der Waals surface area contributed by atoms with Crippen LogP contribution in [0.3, 0.4) is 0 Å². The van der Waals surface area contributed by atoms with Gasteiger partial charge < -0.3 is 14.0 Å². The Bertz CT molecular complexity index is 2090. The van der Waals surface area contributed by atoms with Crippen LogP contribution in [-0.2, 0) is 26.5 Å². The first-order valence-corrected chi connectivity index (χ1v) is 19.2. The van der Waals surface area contributed by atoms with E-state index < -0.39 is 8.07 Å². The predicted octanol–water partition coefficient (Wildman–Crippen LogP) is 9.67. The summed E-state index contributed by atoms with van der Waals surface area (Å²) in [7, 11) is -1.34. The molecule has 0 atom stereocenters. The third-order valence-corrected chi connectivity index (χ3v) is 10.0. The normalized spacial score (nSPS) is 11.7. The molecular formula is C39H40IrN4OSi-2. The molecule has 0 fully saturated rings. The summed E-state index contributed by atoms with van der Waals surface area (Å²) < 4.78 is 8.36. The van der Waals surface area contributed by atoms with Gasteiger partial charge >= 0.3 is 0 Å². The van der Waals surface area contributed by atoms with E-state index in [1.54, 1.807) is 12.4 Å². The molecule has 7 heteroatoms. The van der Waals surface area contributed by atoms with Crippen molar-refractivity contribution < 1.29 is 24.5 Å². The topological polar surface area (TPSA) is 56.7 Å². The molecule has 5 nitrogen and oxygen atoms in total. The van der Waals surface area contributed by atoms with Crippen LogP contribution >= 0.6 is 0 Å². The van der Waals surface area contributed by atoms with Crippen molar-refractivity contribution in [2.45, 2.75) is 59.8 Å². The zero-order valence-electron chi connectivity index (χ0n) is 27.6. The van der Waals surface area contributed by atoms with Crippen LogP contribution < -0.4 is 5.19 Å². The van der Waals surface area contributed by atoms with E-state index in [1.807, 2.05) is 54.6 Å². The second-order valence-corrected chi connectivity index (χ2v) is 18.3. The number of hydrogen-bond acceptors (Lipinski definition) is 4. The molecule has 1 radical (unpaired) electrons. The van der Waals surface area contributed by atoms with Crippen LogP contribution in [-0.4, -0.2) is 27.6 Å². The largest absolute Gasteiger partial charge is 0.499 e. The summed E-state index contributed by atoms with van der Waals surface area (Å²) in [6, 6.07) is 31.4. The maximum Gasteiger partial charge on any atom is 0.139 e. The molecule has 3 aromatic carbocycles. The second-order valence-electron chi connectivity index (χ2n) is 13.3. The molecule has 7 aromatic rings. The van der Waals surface area contributed by atoms with Crippen molar-refractivity contribution in [1.29, 1.82) is 0 Å². The van der Waals surface area contributed by atoms with Crippen LogP contribution in [0.15, 0.2) is 95.8 Å². The van der Waals surface area contributed by atoms with E-state index in [9.17, 15) is 0 Å². The number of nitrogens with zero attached hydrogens (tertiary/aromatic N) is 4. The maximum atomic E-state index is 6.12. The predicted molar refractivity (Wildman–Crippen MR) is 189 cm³/mol. The molecule has 237 valence electrons. The van der Waals surface area contributed by atoms with Gasteiger partial charge in [0.25, 0.3) is 0 Å². The first kappa shape index (κ1) is 33.5. The third-order valence-electron chi connectivity index (χ3n) is 7.98. The molecule has 0 amide bonds. The van der Waals surface area contributed by atoms with Crippen molar-refractivity contribution in [3.05, 3.63) is 109 Å². The summed E-state index contributed by atoms with van der Waals surface area (Å²) in [4.78, 5) is 13.7. The van der Waals surface area contributed by atoms with Gasteiger partial charge in [0.2, 0.25) is 0 Å². The minimum atomic E-state index is -1.34. The molecule has 7 rings (SSSR count). The first-order valence-electron chi connectivity index (χ1n) is 15.7. The molecule has 0 saturated heterocycles.